The van der Waals surface area contributed by atoms with Crippen LogP contribution in [0.25, 0.3) is 0 Å². The van der Waals surface area contributed by atoms with Crippen LogP contribution in [0.15, 0.2) is 18.3 Å². The van der Waals surface area contributed by atoms with E-state index in [0.29, 0.717) is 11.4 Å². The molecule has 1 rings (SSSR count). The predicted octanol–water partition coefficient (Wildman–Crippen LogP) is 0.838. The standard InChI is InChI=1S/C9H9N3O2/c1-6(9(13)14)12-8-3-2-7(4-10)5-11-8/h2-3,5-6H,1H3,(H,11,12)(H,13,14). The molecule has 0 aliphatic carbocycles. The third-order valence-electron chi connectivity index (χ3n) is 1.63. The minimum atomic E-state index is -0.948. The molecule has 14 heavy (non-hydrogen) atoms. The van der Waals surface area contributed by atoms with Gasteiger partial charge in [0.1, 0.15) is 17.9 Å². The van der Waals surface area contributed by atoms with Crippen LogP contribution in [0.4, 0.5) is 5.82 Å². The van der Waals surface area contributed by atoms with Crippen molar-refractivity contribution in [2.24, 2.45) is 0 Å². The molecule has 0 saturated carbocycles. The Morgan fingerprint density at radius 2 is 2.43 bits per heavy atom. The summed E-state index contributed by atoms with van der Waals surface area (Å²) in [6, 6.07) is 4.37. The normalized spacial score (nSPS) is 11.4. The summed E-state index contributed by atoms with van der Waals surface area (Å²) in [4.78, 5) is 14.4. The number of nitrogens with zero attached hydrogens (tertiary/aromatic N) is 2. The van der Waals surface area contributed by atoms with Gasteiger partial charge in [-0.25, -0.2) is 4.98 Å². The molecule has 1 heterocycles. The maximum Gasteiger partial charge on any atom is 0.325 e. The molecule has 1 atom stereocenters. The summed E-state index contributed by atoms with van der Waals surface area (Å²) < 4.78 is 0. The van der Waals surface area contributed by atoms with E-state index in [-0.39, 0.29) is 0 Å². The van der Waals surface area contributed by atoms with Gasteiger partial charge in [-0.1, -0.05) is 0 Å². The Labute approximate surface area is 81.0 Å². The number of hydrogen-bond donors (Lipinski definition) is 2. The molecule has 0 aliphatic rings. The van der Waals surface area contributed by atoms with E-state index in [1.54, 1.807) is 12.1 Å². The number of anilines is 1. The van der Waals surface area contributed by atoms with Crippen LogP contribution in [0.5, 0.6) is 0 Å². The molecule has 5 heteroatoms. The largest absolute Gasteiger partial charge is 0.480 e. The molecule has 1 aromatic rings. The zero-order valence-electron chi connectivity index (χ0n) is 7.56. The molecule has 0 radical (unpaired) electrons. The van der Waals surface area contributed by atoms with Crippen LogP contribution < -0.4 is 5.32 Å². The second-order valence-corrected chi connectivity index (χ2v) is 2.75. The monoisotopic (exact) mass is 191 g/mol. The van der Waals surface area contributed by atoms with E-state index in [9.17, 15) is 4.79 Å². The second-order valence-electron chi connectivity index (χ2n) is 2.75. The van der Waals surface area contributed by atoms with Gasteiger partial charge in [-0.15, -0.1) is 0 Å². The van der Waals surface area contributed by atoms with Gasteiger partial charge < -0.3 is 10.4 Å². The molecule has 0 fully saturated rings. The highest BCUT2D eigenvalue weighted by atomic mass is 16.4. The SMILES string of the molecule is CC(Nc1ccc(C#N)cn1)C(=O)O. The molecule has 0 aliphatic heterocycles. The number of carboxylic acids is 1. The quantitative estimate of drug-likeness (QED) is 0.739. The summed E-state index contributed by atoms with van der Waals surface area (Å²) >= 11 is 0. The lowest BCUT2D eigenvalue weighted by Crippen LogP contribution is -2.25. The summed E-state index contributed by atoms with van der Waals surface area (Å²) in [5, 5.41) is 19.8. The summed E-state index contributed by atoms with van der Waals surface area (Å²) in [6.07, 6.45) is 1.39. The summed E-state index contributed by atoms with van der Waals surface area (Å²) in [5.41, 5.74) is 0.443. The van der Waals surface area contributed by atoms with Crippen molar-refractivity contribution in [1.29, 1.82) is 5.26 Å². The maximum atomic E-state index is 10.5. The first-order valence-electron chi connectivity index (χ1n) is 3.99. The van der Waals surface area contributed by atoms with Crippen molar-refractivity contribution in [3.8, 4) is 6.07 Å². The second kappa shape index (κ2) is 4.23. The lowest BCUT2D eigenvalue weighted by molar-refractivity contribution is -0.137. The molecule has 5 nitrogen and oxygen atoms in total. The van der Waals surface area contributed by atoms with Gasteiger partial charge in [0.15, 0.2) is 0 Å². The number of carbonyl (C=O) groups is 1. The van der Waals surface area contributed by atoms with Crippen molar-refractivity contribution in [1.82, 2.24) is 4.98 Å². The van der Waals surface area contributed by atoms with Crippen molar-refractivity contribution >= 4 is 11.8 Å². The minimum Gasteiger partial charge on any atom is -0.480 e. The molecule has 0 spiro atoms. The average molecular weight is 191 g/mol. The Bertz CT molecular complexity index is 367. The van der Waals surface area contributed by atoms with E-state index in [1.165, 1.54) is 13.1 Å². The van der Waals surface area contributed by atoms with Gasteiger partial charge in [0.05, 0.1) is 5.56 Å². The van der Waals surface area contributed by atoms with Crippen molar-refractivity contribution in [3.63, 3.8) is 0 Å². The molecule has 72 valence electrons. The number of aliphatic carboxylic acids is 1. The Morgan fingerprint density at radius 3 is 2.86 bits per heavy atom. The van der Waals surface area contributed by atoms with Crippen LogP contribution in [0.3, 0.4) is 0 Å². The molecular weight excluding hydrogens is 182 g/mol. The highest BCUT2D eigenvalue weighted by molar-refractivity contribution is 5.76. The Morgan fingerprint density at radius 1 is 1.71 bits per heavy atom. The Hall–Kier alpha value is -2.09. The van der Waals surface area contributed by atoms with Crippen LogP contribution >= 0.6 is 0 Å². The molecule has 0 aromatic carbocycles. The number of nitriles is 1. The molecule has 2 N–H and O–H groups in total. The fourth-order valence-corrected chi connectivity index (χ4v) is 0.829. The van der Waals surface area contributed by atoms with E-state index in [4.69, 9.17) is 10.4 Å². The van der Waals surface area contributed by atoms with Crippen LogP contribution in [0, 0.1) is 11.3 Å². The molecule has 1 unspecified atom stereocenters. The predicted molar refractivity (Wildman–Crippen MR) is 49.7 cm³/mol. The third-order valence-corrected chi connectivity index (χ3v) is 1.63. The third kappa shape index (κ3) is 2.45. The van der Waals surface area contributed by atoms with E-state index in [0.717, 1.165) is 0 Å². The topological polar surface area (TPSA) is 86.0 Å². The van der Waals surface area contributed by atoms with Gasteiger partial charge >= 0.3 is 5.97 Å². The lowest BCUT2D eigenvalue weighted by Gasteiger charge is -2.08. The van der Waals surface area contributed by atoms with E-state index in [2.05, 4.69) is 10.3 Å². The van der Waals surface area contributed by atoms with E-state index < -0.39 is 12.0 Å². The minimum absolute atomic E-state index is 0.443. The van der Waals surface area contributed by atoms with Crippen LogP contribution in [0.1, 0.15) is 12.5 Å². The number of aromatic nitrogens is 1. The van der Waals surface area contributed by atoms with Gasteiger partial charge in [0, 0.05) is 6.20 Å². The van der Waals surface area contributed by atoms with Gasteiger partial charge in [0.25, 0.3) is 0 Å². The number of carboxylic acid groups (broad SMARTS) is 1. The number of hydrogen-bond acceptors (Lipinski definition) is 4. The molecule has 0 amide bonds. The number of nitrogens with one attached hydrogen (secondary N) is 1. The molecule has 0 saturated heterocycles. The van der Waals surface area contributed by atoms with Crippen molar-refractivity contribution in [2.75, 3.05) is 5.32 Å². The fraction of sp³-hybridized carbons (Fsp3) is 0.222. The highest BCUT2D eigenvalue weighted by Crippen LogP contribution is 2.05. The van der Waals surface area contributed by atoms with Crippen molar-refractivity contribution in [3.05, 3.63) is 23.9 Å². The van der Waals surface area contributed by atoms with Crippen molar-refractivity contribution in [2.45, 2.75) is 13.0 Å². The first-order valence-corrected chi connectivity index (χ1v) is 3.99. The first-order chi connectivity index (χ1) is 6.63. The number of pyridine rings is 1. The van der Waals surface area contributed by atoms with Gasteiger partial charge in [-0.3, -0.25) is 4.79 Å². The zero-order valence-corrected chi connectivity index (χ0v) is 7.56. The van der Waals surface area contributed by atoms with Gasteiger partial charge in [-0.2, -0.15) is 5.26 Å². The van der Waals surface area contributed by atoms with Crippen LogP contribution in [-0.4, -0.2) is 22.1 Å². The molecular formula is C9H9N3O2. The lowest BCUT2D eigenvalue weighted by atomic mass is 10.3. The van der Waals surface area contributed by atoms with Crippen LogP contribution in [0.2, 0.25) is 0 Å². The fourth-order valence-electron chi connectivity index (χ4n) is 0.829. The number of rotatable bonds is 3. The summed E-state index contributed by atoms with van der Waals surface area (Å²) in [5.74, 6) is -0.505. The van der Waals surface area contributed by atoms with Crippen molar-refractivity contribution < 1.29 is 9.90 Å². The van der Waals surface area contributed by atoms with E-state index >= 15 is 0 Å². The summed E-state index contributed by atoms with van der Waals surface area (Å²) in [7, 11) is 0. The summed E-state index contributed by atoms with van der Waals surface area (Å²) in [6.45, 7) is 1.52. The molecule has 0 bridgehead atoms. The highest BCUT2D eigenvalue weighted by Gasteiger charge is 2.10. The molecule has 1 aromatic heterocycles. The zero-order chi connectivity index (χ0) is 10.6. The Balaban J connectivity index is 2.70. The maximum absolute atomic E-state index is 10.5. The van der Waals surface area contributed by atoms with Gasteiger partial charge in [0.2, 0.25) is 0 Å². The van der Waals surface area contributed by atoms with Gasteiger partial charge in [-0.05, 0) is 19.1 Å². The van der Waals surface area contributed by atoms with Crippen LogP contribution in [-0.2, 0) is 4.79 Å². The average Bonchev–Trinajstić information content (AvgIpc) is 2.19. The smallest absolute Gasteiger partial charge is 0.325 e. The van der Waals surface area contributed by atoms with E-state index in [1.807, 2.05) is 6.07 Å². The first kappa shape index (κ1) is 9.99. The Kier molecular flexibility index (Phi) is 3.02.